The topological polar surface area (TPSA) is 188 Å². The number of carbonyl (C=O) groups is 2. The third kappa shape index (κ3) is 19.1. The zero-order valence-corrected chi connectivity index (χ0v) is 70.0. The fourth-order valence-corrected chi connectivity index (χ4v) is 19.4. The van der Waals surface area contributed by atoms with E-state index in [4.69, 9.17) is 39.8 Å². The van der Waals surface area contributed by atoms with Crippen LogP contribution in [0.15, 0.2) is 304 Å². The molecule has 0 radical (unpaired) electrons. The molecule has 19 heteroatoms. The van der Waals surface area contributed by atoms with E-state index in [1.165, 1.54) is 88.7 Å². The van der Waals surface area contributed by atoms with Crippen molar-refractivity contribution in [1.29, 1.82) is 0 Å². The smallest absolute Gasteiger partial charge is 0.0134 e. The first-order valence-electron chi connectivity index (χ1n) is 37.3. The number of rotatable bonds is 16. The van der Waals surface area contributed by atoms with Crippen LogP contribution in [-0.2, 0) is 36.1 Å². The predicted molar refractivity (Wildman–Crippen MR) is 470 cm³/mol. The Labute approximate surface area is 684 Å². The van der Waals surface area contributed by atoms with Gasteiger partial charge < -0.3 is 30.7 Å². The summed E-state index contributed by atoms with van der Waals surface area (Å²) >= 11 is 2.25. The molecule has 5 heterocycles. The number of hydrogen-bond donors (Lipinski definition) is 4. The summed E-state index contributed by atoms with van der Waals surface area (Å²) in [6, 6.07) is 94.4. The van der Waals surface area contributed by atoms with E-state index in [9.17, 15) is 9.59 Å². The van der Waals surface area contributed by atoms with E-state index in [1.807, 2.05) is 65.8 Å². The van der Waals surface area contributed by atoms with Crippen LogP contribution in [0.4, 0.5) is 11.9 Å². The monoisotopic (exact) mass is 1750 g/mol. The van der Waals surface area contributed by atoms with Gasteiger partial charge >= 0.3 is 42.1 Å². The first kappa shape index (κ1) is 81.7. The Balaban J connectivity index is 0.000000130. The number of nitrogens with one attached hydrogen (secondary N) is 2. The van der Waals surface area contributed by atoms with Crippen molar-refractivity contribution in [3.8, 4) is 11.1 Å². The number of H-pyrrole nitrogens is 2. The van der Waals surface area contributed by atoms with Crippen molar-refractivity contribution in [2.45, 2.75) is 115 Å². The fraction of sp³-hybridized carbons (Fsp3) is 0.196. The summed E-state index contributed by atoms with van der Waals surface area (Å²) in [6.45, 7) is 11.8. The summed E-state index contributed by atoms with van der Waals surface area (Å²) in [6.07, 6.45) is 19.1. The molecule has 2 saturated carbocycles. The largest absolute Gasteiger partial charge is 0.0622 e. The van der Waals surface area contributed by atoms with Crippen molar-refractivity contribution in [3.05, 3.63) is 341 Å². The van der Waals surface area contributed by atoms with E-state index in [0.717, 1.165) is 57.0 Å². The quantitative estimate of drug-likeness (QED) is 0.0314. The number of nitrogens with zero attached hydrogens (tertiary/aromatic N) is 4. The first-order valence-corrected chi connectivity index (χ1v) is 45.1. The summed E-state index contributed by atoms with van der Waals surface area (Å²) in [4.78, 5) is 47.5. The van der Waals surface area contributed by atoms with Gasteiger partial charge in [0.2, 0.25) is 11.9 Å². The standard InChI is InChI=1S/C25H24N4O.C21H20INO.2C18H15P.C10H16BN3O2.2ClH.Pd/c1-2-22(30)20-6-3-5-19-21(15-27-23(19)20)25(11-4-12-25)18-9-7-16(8-10-18)17-13-28-24(26)29-14-17;1-2-19(24)17-6-3-5-16-18(13-23-20(16)17)21(11-4-12-21)14-7-9-15(22)10-8-14;2*1-4-10-16(11-5-1)19(17-12-6-2-7-13-17)18-14-8-3-9-15-18;1-9(2)10(3,4)16-11(15-9)7-5-13-8(12)14-6-7;;;/h3,5-10,13-15,27H,2,4,11-12H2,1H3,(H2,26,28,29);3,5-10,13,23H,2,4,11-12H2,1H3;2*1-15H;5-6H,1-4H3,(H2,12,13,14);2*1H;/q;;;;;;;+2/p-2. The van der Waals surface area contributed by atoms with Crippen molar-refractivity contribution in [1.82, 2.24) is 29.9 Å². The summed E-state index contributed by atoms with van der Waals surface area (Å²) in [7, 11) is 8.31. The second-order valence-corrected chi connectivity index (χ2v) is 36.4. The van der Waals surface area contributed by atoms with Gasteiger partial charge in [0.05, 0.1) is 22.2 Å². The van der Waals surface area contributed by atoms with Gasteiger partial charge in [-0.05, 0) is 176 Å². The van der Waals surface area contributed by atoms with Gasteiger partial charge in [-0.1, -0.05) is 269 Å². The van der Waals surface area contributed by atoms with Gasteiger partial charge in [0.25, 0.3) is 0 Å². The molecule has 1 saturated heterocycles. The normalized spacial score (nSPS) is 14.6. The Kier molecular flexibility index (Phi) is 28.1. The maximum atomic E-state index is 12.4. The second kappa shape index (κ2) is 38.1. The summed E-state index contributed by atoms with van der Waals surface area (Å²) in [5.41, 5.74) is 22.1. The molecular weight excluding hydrogens is 1660 g/mol. The van der Waals surface area contributed by atoms with E-state index in [1.54, 1.807) is 24.8 Å². The number of aromatic amines is 2. The van der Waals surface area contributed by atoms with Crippen LogP contribution in [0.1, 0.15) is 136 Å². The van der Waals surface area contributed by atoms with Crippen LogP contribution in [-0.4, -0.2) is 59.8 Å². The Bertz CT molecular complexity index is 4990. The molecule has 3 aliphatic rings. The molecule has 0 spiro atoms. The number of anilines is 2. The van der Waals surface area contributed by atoms with Crippen LogP contribution in [0.2, 0.25) is 0 Å². The minimum Gasteiger partial charge on any atom is -0.0622 e. The predicted octanol–water partition coefficient (Wildman–Crippen LogP) is 19.7. The molecule has 10 aromatic carbocycles. The Morgan fingerprint density at radius 1 is 0.441 bits per heavy atom. The van der Waals surface area contributed by atoms with Crippen LogP contribution >= 0.6 is 57.5 Å². The summed E-state index contributed by atoms with van der Waals surface area (Å²) < 4.78 is 13.0. The molecule has 0 amide bonds. The molecule has 6 N–H and O–H groups in total. The maximum Gasteiger partial charge on any atom is -0.0134 e. The molecule has 2 aliphatic carbocycles. The van der Waals surface area contributed by atoms with E-state index < -0.39 is 23.0 Å². The number of nitrogen functional groups attached to an aromatic ring is 2. The molecule has 0 bridgehead atoms. The number of carbonyl (C=O) groups excluding carboxylic acids is 2. The number of halogens is 3. The second-order valence-electron chi connectivity index (χ2n) is 28.4. The van der Waals surface area contributed by atoms with Crippen molar-refractivity contribution < 1.29 is 34.8 Å². The van der Waals surface area contributed by atoms with Crippen molar-refractivity contribution in [2.75, 3.05) is 11.5 Å². The SMILES string of the molecule is CC1(C)OB(c2cnc(N)nc2)OC1(C)C.CCC(=O)c1cccc2c(C3(c4ccc(-c5cnc(N)nc5)cc4)CCC3)c[nH]c12.CCC(=O)c1cccc2c(C3(c4ccc(I)cc4)CCC3)c[nH]c12.[Cl][Pd][Cl].c1ccc(P(c2ccccc2)c2ccccc2)cc1.c1ccc(P(c2ccccc2)c2ccccc2)cc1. The van der Waals surface area contributed by atoms with Crippen LogP contribution in [0, 0.1) is 3.57 Å². The van der Waals surface area contributed by atoms with Crippen LogP contribution in [0.5, 0.6) is 0 Å². The number of nitrogens with two attached hydrogens (primary N) is 2. The summed E-state index contributed by atoms with van der Waals surface area (Å²) in [5.74, 6) is 0.905. The van der Waals surface area contributed by atoms with Crippen LogP contribution in [0.3, 0.4) is 0 Å². The Morgan fingerprint density at radius 3 is 1.05 bits per heavy atom. The van der Waals surface area contributed by atoms with E-state index >= 15 is 0 Å². The molecule has 1 aliphatic heterocycles. The van der Waals surface area contributed by atoms with E-state index in [0.29, 0.717) is 12.8 Å². The molecule has 0 atom stereocenters. The van der Waals surface area contributed by atoms with Crippen molar-refractivity contribution >= 4 is 147 Å². The Morgan fingerprint density at radius 2 is 0.748 bits per heavy atom. The van der Waals surface area contributed by atoms with Gasteiger partial charge in [0, 0.05) is 97.3 Å². The molecule has 4 aromatic heterocycles. The number of aromatic nitrogens is 6. The van der Waals surface area contributed by atoms with Gasteiger partial charge in [0.1, 0.15) is 0 Å². The molecule has 17 rings (SSSR count). The number of hydrogen-bond acceptors (Lipinski definition) is 10. The minimum atomic E-state index is -0.446. The number of para-hydroxylation sites is 2. The number of benzene rings is 10. The molecule has 12 nitrogen and oxygen atoms in total. The van der Waals surface area contributed by atoms with Gasteiger partial charge in [-0.25, -0.2) is 19.9 Å². The first-order chi connectivity index (χ1) is 53.9. The zero-order valence-electron chi connectivity index (χ0n) is 63.0. The van der Waals surface area contributed by atoms with Crippen LogP contribution in [0.25, 0.3) is 32.9 Å². The molecule has 111 heavy (non-hydrogen) atoms. The third-order valence-corrected chi connectivity index (χ3v) is 26.9. The van der Waals surface area contributed by atoms with Gasteiger partial charge in [-0.2, -0.15) is 0 Å². The molecule has 0 unspecified atom stereocenters. The number of ketones is 2. The molecule has 566 valence electrons. The number of Topliss-reactive ketones (excluding diaryl/α,β-unsaturated/α-hetero) is 2. The number of fused-ring (bicyclic) bond motifs is 2. The maximum absolute atomic E-state index is 12.4. The van der Waals surface area contributed by atoms with E-state index in [-0.39, 0.29) is 61.4 Å². The molecule has 14 aromatic rings. The molecule has 3 fully saturated rings. The van der Waals surface area contributed by atoms with Gasteiger partial charge in [-0.3, -0.25) is 9.59 Å². The van der Waals surface area contributed by atoms with Crippen LogP contribution < -0.4 is 48.8 Å². The average molecular weight is 1750 g/mol. The average Bonchev–Trinajstić information content (AvgIpc) is 1.69. The Hall–Kier alpha value is -8.80. The summed E-state index contributed by atoms with van der Waals surface area (Å²) in [5, 5.41) is 10.7. The van der Waals surface area contributed by atoms with Gasteiger partial charge in [-0.15, -0.1) is 0 Å². The van der Waals surface area contributed by atoms with E-state index in [2.05, 4.69) is 308 Å². The van der Waals surface area contributed by atoms with Crippen molar-refractivity contribution in [3.63, 3.8) is 0 Å². The fourth-order valence-electron chi connectivity index (χ4n) is 14.5. The minimum absolute atomic E-state index is 0.0116. The van der Waals surface area contributed by atoms with Gasteiger partial charge in [0.15, 0.2) is 11.6 Å². The third-order valence-electron chi connectivity index (χ3n) is 21.3. The molecular formula is C92H90BCl2IN8O4P2Pd. The van der Waals surface area contributed by atoms with Crippen molar-refractivity contribution in [2.24, 2.45) is 0 Å². The zero-order chi connectivity index (χ0) is 78.0.